The lowest BCUT2D eigenvalue weighted by atomic mass is 10.1. The summed E-state index contributed by atoms with van der Waals surface area (Å²) in [6.07, 6.45) is 7.57. The van der Waals surface area contributed by atoms with Gasteiger partial charge in [0.15, 0.2) is 0 Å². The number of nitrogen functional groups attached to an aromatic ring is 1. The zero-order valence-corrected chi connectivity index (χ0v) is 9.71. The minimum absolute atomic E-state index is 0.681. The Balaban J connectivity index is 2.24. The lowest BCUT2D eigenvalue weighted by Gasteiger charge is -2.09. The number of aryl methyl sites for hydroxylation is 2. The van der Waals surface area contributed by atoms with Crippen LogP contribution in [0.2, 0.25) is 0 Å². The second kappa shape index (κ2) is 5.25. The van der Waals surface area contributed by atoms with Crippen molar-refractivity contribution in [2.24, 2.45) is 5.73 Å². The summed E-state index contributed by atoms with van der Waals surface area (Å²) in [4.78, 5) is 9.00. The highest BCUT2D eigenvalue weighted by molar-refractivity contribution is 5.43. The molecular weight excluding hydrogens is 200 g/mol. The van der Waals surface area contributed by atoms with Gasteiger partial charge in [0.1, 0.15) is 11.6 Å². The molecule has 0 aliphatic heterocycles. The van der Waals surface area contributed by atoms with E-state index in [9.17, 15) is 0 Å². The van der Waals surface area contributed by atoms with E-state index in [1.165, 1.54) is 30.5 Å². The van der Waals surface area contributed by atoms with E-state index in [-0.39, 0.29) is 0 Å². The molecule has 1 aromatic heterocycles. The summed E-state index contributed by atoms with van der Waals surface area (Å²) < 4.78 is 0. The van der Waals surface area contributed by atoms with Gasteiger partial charge in [0.2, 0.25) is 0 Å². The minimum Gasteiger partial charge on any atom is -0.383 e. The Hall–Kier alpha value is -1.16. The molecule has 0 saturated carbocycles. The first kappa shape index (κ1) is 11.3. The predicted molar refractivity (Wildman–Crippen MR) is 65.1 cm³/mol. The van der Waals surface area contributed by atoms with Gasteiger partial charge in [0, 0.05) is 17.7 Å². The van der Waals surface area contributed by atoms with E-state index >= 15 is 0 Å². The van der Waals surface area contributed by atoms with E-state index in [0.717, 1.165) is 31.5 Å². The molecule has 88 valence electrons. The number of anilines is 1. The highest BCUT2D eigenvalue weighted by atomic mass is 15.0. The van der Waals surface area contributed by atoms with Crippen LogP contribution in [-0.4, -0.2) is 16.5 Å². The van der Waals surface area contributed by atoms with Crippen LogP contribution in [0.25, 0.3) is 0 Å². The van der Waals surface area contributed by atoms with Crippen molar-refractivity contribution in [2.75, 3.05) is 12.3 Å². The minimum atomic E-state index is 0.681. The third-order valence-corrected chi connectivity index (χ3v) is 3.12. The number of aromatic nitrogens is 2. The summed E-state index contributed by atoms with van der Waals surface area (Å²) in [5.41, 5.74) is 13.9. The number of hydrogen-bond donors (Lipinski definition) is 2. The molecule has 16 heavy (non-hydrogen) atoms. The number of nitrogens with two attached hydrogens (primary N) is 2. The summed E-state index contributed by atoms with van der Waals surface area (Å²) in [6, 6.07) is 0. The summed E-state index contributed by atoms with van der Waals surface area (Å²) in [5.74, 6) is 1.56. The van der Waals surface area contributed by atoms with Gasteiger partial charge in [0.25, 0.3) is 0 Å². The number of nitrogens with zero attached hydrogens (tertiary/aromatic N) is 2. The van der Waals surface area contributed by atoms with Crippen molar-refractivity contribution in [3.63, 3.8) is 0 Å². The maximum Gasteiger partial charge on any atom is 0.131 e. The molecule has 0 spiro atoms. The van der Waals surface area contributed by atoms with Crippen LogP contribution in [0.15, 0.2) is 0 Å². The van der Waals surface area contributed by atoms with E-state index in [4.69, 9.17) is 11.5 Å². The molecule has 0 amide bonds. The number of hydrogen-bond acceptors (Lipinski definition) is 4. The van der Waals surface area contributed by atoms with Gasteiger partial charge in [-0.05, 0) is 38.6 Å². The standard InChI is InChI=1S/C12H20N4/c13-8-4-7-11-15-10-6-3-1-2-5-9(10)12(14)16-11/h1-8,13H2,(H2,14,15,16). The predicted octanol–water partition coefficient (Wildman–Crippen LogP) is 1.22. The van der Waals surface area contributed by atoms with Crippen molar-refractivity contribution in [1.29, 1.82) is 0 Å². The van der Waals surface area contributed by atoms with E-state index in [1.54, 1.807) is 0 Å². The van der Waals surface area contributed by atoms with E-state index < -0.39 is 0 Å². The lowest BCUT2D eigenvalue weighted by molar-refractivity contribution is 0.706. The normalized spacial score (nSPS) is 15.6. The van der Waals surface area contributed by atoms with Crippen LogP contribution >= 0.6 is 0 Å². The molecule has 0 radical (unpaired) electrons. The third kappa shape index (κ3) is 2.50. The average Bonchev–Trinajstić information content (AvgIpc) is 2.51. The average molecular weight is 220 g/mol. The lowest BCUT2D eigenvalue weighted by Crippen LogP contribution is -2.10. The van der Waals surface area contributed by atoms with Crippen molar-refractivity contribution in [2.45, 2.75) is 44.9 Å². The molecule has 1 heterocycles. The van der Waals surface area contributed by atoms with Gasteiger partial charge in [0.05, 0.1) is 0 Å². The van der Waals surface area contributed by atoms with Crippen LogP contribution in [0, 0.1) is 0 Å². The second-order valence-corrected chi connectivity index (χ2v) is 4.40. The van der Waals surface area contributed by atoms with Crippen molar-refractivity contribution < 1.29 is 0 Å². The molecule has 0 unspecified atom stereocenters. The Morgan fingerprint density at radius 1 is 1.06 bits per heavy atom. The maximum absolute atomic E-state index is 6.00. The fraction of sp³-hybridized carbons (Fsp3) is 0.667. The zero-order chi connectivity index (χ0) is 11.4. The van der Waals surface area contributed by atoms with Crippen molar-refractivity contribution in [3.05, 3.63) is 17.1 Å². The van der Waals surface area contributed by atoms with Gasteiger partial charge in [-0.3, -0.25) is 0 Å². The van der Waals surface area contributed by atoms with Crippen molar-refractivity contribution in [1.82, 2.24) is 9.97 Å². The topological polar surface area (TPSA) is 77.8 Å². The number of rotatable bonds is 3. The van der Waals surface area contributed by atoms with Crippen LogP contribution < -0.4 is 11.5 Å². The fourth-order valence-electron chi connectivity index (χ4n) is 2.22. The molecule has 0 bridgehead atoms. The quantitative estimate of drug-likeness (QED) is 0.751. The van der Waals surface area contributed by atoms with E-state index in [0.29, 0.717) is 12.4 Å². The van der Waals surface area contributed by atoms with Crippen LogP contribution in [0.1, 0.15) is 42.8 Å². The molecule has 0 atom stereocenters. The molecule has 4 nitrogen and oxygen atoms in total. The van der Waals surface area contributed by atoms with Gasteiger partial charge in [-0.25, -0.2) is 9.97 Å². The highest BCUT2D eigenvalue weighted by Gasteiger charge is 2.14. The molecule has 1 aliphatic rings. The molecule has 0 aromatic carbocycles. The Labute approximate surface area is 96.5 Å². The smallest absolute Gasteiger partial charge is 0.131 e. The molecule has 1 aromatic rings. The largest absolute Gasteiger partial charge is 0.383 e. The first-order valence-electron chi connectivity index (χ1n) is 6.15. The summed E-state index contributed by atoms with van der Waals surface area (Å²) in [6.45, 7) is 0.681. The fourth-order valence-corrected chi connectivity index (χ4v) is 2.22. The molecule has 4 N–H and O–H groups in total. The van der Waals surface area contributed by atoms with Crippen LogP contribution in [0.5, 0.6) is 0 Å². The molecule has 2 rings (SSSR count). The monoisotopic (exact) mass is 220 g/mol. The summed E-state index contributed by atoms with van der Waals surface area (Å²) in [7, 11) is 0. The first-order chi connectivity index (χ1) is 7.81. The molecular formula is C12H20N4. The molecule has 0 saturated heterocycles. The van der Waals surface area contributed by atoms with Gasteiger partial charge < -0.3 is 11.5 Å². The Kier molecular flexibility index (Phi) is 3.72. The van der Waals surface area contributed by atoms with Crippen LogP contribution in [-0.2, 0) is 19.3 Å². The van der Waals surface area contributed by atoms with Crippen LogP contribution in [0.3, 0.4) is 0 Å². The molecule has 0 fully saturated rings. The second-order valence-electron chi connectivity index (χ2n) is 4.40. The summed E-state index contributed by atoms with van der Waals surface area (Å²) in [5, 5.41) is 0. The van der Waals surface area contributed by atoms with Crippen LogP contribution in [0.4, 0.5) is 5.82 Å². The Morgan fingerprint density at radius 2 is 1.88 bits per heavy atom. The number of fused-ring (bicyclic) bond motifs is 1. The molecule has 4 heteroatoms. The van der Waals surface area contributed by atoms with Crippen molar-refractivity contribution >= 4 is 5.82 Å². The van der Waals surface area contributed by atoms with E-state index in [2.05, 4.69) is 9.97 Å². The van der Waals surface area contributed by atoms with Gasteiger partial charge in [-0.15, -0.1) is 0 Å². The Bertz CT molecular complexity index is 362. The third-order valence-electron chi connectivity index (χ3n) is 3.12. The van der Waals surface area contributed by atoms with Gasteiger partial charge in [-0.1, -0.05) is 6.42 Å². The Morgan fingerprint density at radius 3 is 2.69 bits per heavy atom. The SMILES string of the molecule is NCCCc1nc(N)c2c(n1)CCCCC2. The summed E-state index contributed by atoms with van der Waals surface area (Å²) >= 11 is 0. The van der Waals surface area contributed by atoms with E-state index in [1.807, 2.05) is 0 Å². The first-order valence-corrected chi connectivity index (χ1v) is 6.15. The molecule has 1 aliphatic carbocycles. The zero-order valence-electron chi connectivity index (χ0n) is 9.71. The van der Waals surface area contributed by atoms with Crippen molar-refractivity contribution in [3.8, 4) is 0 Å². The van der Waals surface area contributed by atoms with Gasteiger partial charge >= 0.3 is 0 Å². The highest BCUT2D eigenvalue weighted by Crippen LogP contribution is 2.23. The van der Waals surface area contributed by atoms with Gasteiger partial charge in [-0.2, -0.15) is 0 Å². The maximum atomic E-state index is 6.00.